The summed E-state index contributed by atoms with van der Waals surface area (Å²) >= 11 is 0. The molecule has 0 bridgehead atoms. The fourth-order valence-corrected chi connectivity index (χ4v) is 6.97. The number of halogens is 1. The average molecular weight is 561 g/mol. The van der Waals surface area contributed by atoms with Crippen molar-refractivity contribution < 1.29 is 22.3 Å². The SMILES string of the molecule is CCOC(=O)c1cn(C2CC2)c2c(C)c(-c3ccc4c(c3)CN(S(=O)(=O)c3ccc(C)cc3)C4)c(F)cc2c1=O. The van der Waals surface area contributed by atoms with Gasteiger partial charge in [0.25, 0.3) is 0 Å². The second-order valence-corrected chi connectivity index (χ2v) is 12.5. The van der Waals surface area contributed by atoms with Gasteiger partial charge in [0.15, 0.2) is 0 Å². The molecule has 0 spiro atoms. The Labute approximate surface area is 231 Å². The molecule has 9 heteroatoms. The first-order valence-electron chi connectivity index (χ1n) is 13.3. The second kappa shape index (κ2) is 9.67. The van der Waals surface area contributed by atoms with Crippen LogP contribution in [0.5, 0.6) is 0 Å². The highest BCUT2D eigenvalue weighted by Crippen LogP contribution is 2.41. The molecule has 0 saturated heterocycles. The summed E-state index contributed by atoms with van der Waals surface area (Å²) in [6, 6.07) is 13.6. The van der Waals surface area contributed by atoms with Crippen LogP contribution in [0.25, 0.3) is 22.0 Å². The van der Waals surface area contributed by atoms with E-state index >= 15 is 4.39 Å². The first-order chi connectivity index (χ1) is 19.1. The smallest absolute Gasteiger partial charge is 0.343 e. The van der Waals surface area contributed by atoms with Crippen LogP contribution < -0.4 is 5.43 Å². The number of pyridine rings is 1. The van der Waals surface area contributed by atoms with Crippen molar-refractivity contribution in [1.82, 2.24) is 8.87 Å². The van der Waals surface area contributed by atoms with Gasteiger partial charge in [-0.25, -0.2) is 17.6 Å². The number of fused-ring (bicyclic) bond motifs is 2. The van der Waals surface area contributed by atoms with E-state index in [9.17, 15) is 18.0 Å². The molecular weight excluding hydrogens is 531 g/mol. The van der Waals surface area contributed by atoms with E-state index in [4.69, 9.17) is 4.74 Å². The Morgan fingerprint density at radius 2 is 1.73 bits per heavy atom. The Morgan fingerprint density at radius 1 is 1.02 bits per heavy atom. The zero-order valence-electron chi connectivity index (χ0n) is 22.5. The van der Waals surface area contributed by atoms with Gasteiger partial charge >= 0.3 is 5.97 Å². The molecule has 1 aromatic heterocycles. The van der Waals surface area contributed by atoms with Crippen LogP contribution in [0, 0.1) is 19.7 Å². The predicted octanol–water partition coefficient (Wildman–Crippen LogP) is 5.64. The maximum absolute atomic E-state index is 15.8. The second-order valence-electron chi connectivity index (χ2n) is 10.6. The van der Waals surface area contributed by atoms with Crippen molar-refractivity contribution in [2.45, 2.75) is 57.6 Å². The van der Waals surface area contributed by atoms with Gasteiger partial charge in [-0.3, -0.25) is 4.79 Å². The molecule has 0 radical (unpaired) electrons. The lowest BCUT2D eigenvalue weighted by Crippen LogP contribution is -2.25. The van der Waals surface area contributed by atoms with Gasteiger partial charge < -0.3 is 9.30 Å². The van der Waals surface area contributed by atoms with Gasteiger partial charge in [0.05, 0.1) is 17.0 Å². The standard InChI is InChI=1S/C31H29FN2O5S/c1-4-39-31(36)26-17-34(23-9-10-23)29-19(3)28(27(32)14-25(29)30(26)35)20-7-8-21-15-33(16-22(21)13-20)40(37,38)24-11-5-18(2)6-12-24/h5-8,11-14,17,23H,4,9-10,15-16H2,1-3H3. The molecule has 7 nitrogen and oxygen atoms in total. The zero-order valence-corrected chi connectivity index (χ0v) is 23.3. The van der Waals surface area contributed by atoms with Crippen LogP contribution in [0.1, 0.15) is 58.4 Å². The van der Waals surface area contributed by atoms with E-state index in [1.165, 1.54) is 10.4 Å². The summed E-state index contributed by atoms with van der Waals surface area (Å²) in [6.07, 6.45) is 3.35. The van der Waals surface area contributed by atoms with Crippen LogP contribution in [-0.4, -0.2) is 29.9 Å². The van der Waals surface area contributed by atoms with Crippen LogP contribution in [0.4, 0.5) is 4.39 Å². The number of carbonyl (C=O) groups is 1. The number of aromatic nitrogens is 1. The van der Waals surface area contributed by atoms with Gasteiger partial charge in [-0.2, -0.15) is 4.31 Å². The molecule has 2 aliphatic rings. The summed E-state index contributed by atoms with van der Waals surface area (Å²) in [6.45, 7) is 5.91. The molecule has 1 aliphatic carbocycles. The van der Waals surface area contributed by atoms with E-state index in [1.807, 2.05) is 23.6 Å². The molecule has 1 fully saturated rings. The minimum atomic E-state index is -3.69. The van der Waals surface area contributed by atoms with Gasteiger partial charge in [0, 0.05) is 36.3 Å². The lowest BCUT2D eigenvalue weighted by atomic mass is 9.94. The molecule has 1 saturated carbocycles. The van der Waals surface area contributed by atoms with E-state index in [-0.39, 0.29) is 41.6 Å². The van der Waals surface area contributed by atoms with Crippen molar-refractivity contribution in [2.24, 2.45) is 0 Å². The molecule has 1 aliphatic heterocycles. The van der Waals surface area contributed by atoms with Gasteiger partial charge in [-0.1, -0.05) is 29.8 Å². The van der Waals surface area contributed by atoms with Crippen LogP contribution in [0.3, 0.4) is 0 Å². The van der Waals surface area contributed by atoms with Gasteiger partial charge in [0.1, 0.15) is 11.4 Å². The average Bonchev–Trinajstić information content (AvgIpc) is 3.67. The number of hydrogen-bond acceptors (Lipinski definition) is 5. The number of benzene rings is 3. The highest BCUT2D eigenvalue weighted by atomic mass is 32.2. The molecule has 6 rings (SSSR count). The Kier molecular flexibility index (Phi) is 6.39. The van der Waals surface area contributed by atoms with Crippen LogP contribution in [-0.2, 0) is 27.8 Å². The van der Waals surface area contributed by atoms with Crippen molar-refractivity contribution in [3.05, 3.63) is 98.6 Å². The topological polar surface area (TPSA) is 85.7 Å². The van der Waals surface area contributed by atoms with Crippen molar-refractivity contribution in [3.8, 4) is 11.1 Å². The third-order valence-corrected chi connectivity index (χ3v) is 9.60. The van der Waals surface area contributed by atoms with Crippen molar-refractivity contribution in [2.75, 3.05) is 6.61 Å². The maximum atomic E-state index is 15.8. The third kappa shape index (κ3) is 4.33. The summed E-state index contributed by atoms with van der Waals surface area (Å²) in [5.41, 5.74) is 4.16. The third-order valence-electron chi connectivity index (χ3n) is 7.79. The number of carbonyl (C=O) groups excluding carboxylic acids is 1. The molecule has 0 atom stereocenters. The van der Waals surface area contributed by atoms with E-state index in [2.05, 4.69) is 0 Å². The number of ether oxygens (including phenoxy) is 1. The Morgan fingerprint density at radius 3 is 2.40 bits per heavy atom. The van der Waals surface area contributed by atoms with Gasteiger partial charge in [-0.05, 0) is 80.1 Å². The summed E-state index contributed by atoms with van der Waals surface area (Å²) in [7, 11) is -3.69. The molecular formula is C31H29FN2O5S. The number of esters is 1. The van der Waals surface area contributed by atoms with E-state index in [0.29, 0.717) is 22.2 Å². The monoisotopic (exact) mass is 560 g/mol. The summed E-state index contributed by atoms with van der Waals surface area (Å²) in [4.78, 5) is 26.0. The van der Waals surface area contributed by atoms with E-state index in [1.54, 1.807) is 50.4 Å². The zero-order chi connectivity index (χ0) is 28.3. The Hall–Kier alpha value is -3.82. The lowest BCUT2D eigenvalue weighted by Gasteiger charge is -2.18. The molecule has 0 amide bonds. The molecule has 40 heavy (non-hydrogen) atoms. The normalized spacial score (nSPS) is 15.4. The first-order valence-corrected chi connectivity index (χ1v) is 14.8. The Balaban J connectivity index is 1.43. The van der Waals surface area contributed by atoms with Crippen molar-refractivity contribution in [1.29, 1.82) is 0 Å². The fourth-order valence-electron chi connectivity index (χ4n) is 5.58. The van der Waals surface area contributed by atoms with Crippen LogP contribution in [0.2, 0.25) is 0 Å². The minimum Gasteiger partial charge on any atom is -0.462 e. The number of rotatable bonds is 6. The molecule has 3 aromatic carbocycles. The highest BCUT2D eigenvalue weighted by Gasteiger charge is 2.32. The first kappa shape index (κ1) is 26.4. The highest BCUT2D eigenvalue weighted by molar-refractivity contribution is 7.89. The molecule has 4 aromatic rings. The lowest BCUT2D eigenvalue weighted by molar-refractivity contribution is 0.0524. The van der Waals surface area contributed by atoms with E-state index in [0.717, 1.165) is 29.5 Å². The molecule has 0 unspecified atom stereocenters. The van der Waals surface area contributed by atoms with Gasteiger partial charge in [-0.15, -0.1) is 0 Å². The van der Waals surface area contributed by atoms with Crippen molar-refractivity contribution in [3.63, 3.8) is 0 Å². The van der Waals surface area contributed by atoms with Crippen LogP contribution >= 0.6 is 0 Å². The molecule has 2 heterocycles. The van der Waals surface area contributed by atoms with Crippen LogP contribution in [0.15, 0.2) is 64.4 Å². The summed E-state index contributed by atoms with van der Waals surface area (Å²) < 4.78 is 50.8. The molecule has 206 valence electrons. The summed E-state index contributed by atoms with van der Waals surface area (Å²) in [5.74, 6) is -1.29. The predicted molar refractivity (Wildman–Crippen MR) is 150 cm³/mol. The van der Waals surface area contributed by atoms with Gasteiger partial charge in [0.2, 0.25) is 15.5 Å². The maximum Gasteiger partial charge on any atom is 0.343 e. The number of nitrogens with zero attached hydrogens (tertiary/aromatic N) is 2. The molecule has 0 N–H and O–H groups in total. The van der Waals surface area contributed by atoms with E-state index < -0.39 is 27.2 Å². The number of aryl methyl sites for hydroxylation is 2. The quantitative estimate of drug-likeness (QED) is 0.285. The number of sulfonamides is 1. The Bertz CT molecular complexity index is 1860. The fraction of sp³-hybridized carbons (Fsp3) is 0.290. The number of hydrogen-bond donors (Lipinski definition) is 0. The minimum absolute atomic E-state index is 0.0970. The van der Waals surface area contributed by atoms with Crippen molar-refractivity contribution >= 4 is 26.9 Å². The largest absolute Gasteiger partial charge is 0.462 e. The summed E-state index contributed by atoms with van der Waals surface area (Å²) in [5, 5.41) is 0.146.